The topological polar surface area (TPSA) is 32.5 Å². The van der Waals surface area contributed by atoms with Crippen molar-refractivity contribution in [3.63, 3.8) is 0 Å². The zero-order valence-corrected chi connectivity index (χ0v) is 11.6. The van der Waals surface area contributed by atoms with Gasteiger partial charge in [-0.2, -0.15) is 0 Å². The van der Waals surface area contributed by atoms with Crippen LogP contribution in [0.5, 0.6) is 0 Å². The normalized spacial score (nSPS) is 36.5. The van der Waals surface area contributed by atoms with Crippen LogP contribution in [-0.2, 0) is 0 Å². The number of hydrogen-bond acceptors (Lipinski definition) is 3. The highest BCUT2D eigenvalue weighted by Gasteiger charge is 2.26. The van der Waals surface area contributed by atoms with Crippen molar-refractivity contribution < 1.29 is 0 Å². The number of likely N-dealkylation sites (N-methyl/N-ethyl adjacent to an activating group) is 1. The molecule has 1 aliphatic heterocycles. The first-order valence-corrected chi connectivity index (χ1v) is 7.39. The smallest absolute Gasteiger partial charge is 0.0218 e. The highest BCUT2D eigenvalue weighted by molar-refractivity contribution is 4.83. The molecular formula is C14H29N3. The summed E-state index contributed by atoms with van der Waals surface area (Å²) in [5, 5.41) is 0. The Balaban J connectivity index is 1.72. The molecule has 0 amide bonds. The van der Waals surface area contributed by atoms with E-state index in [9.17, 15) is 0 Å². The van der Waals surface area contributed by atoms with Crippen molar-refractivity contribution >= 4 is 0 Å². The van der Waals surface area contributed by atoms with Gasteiger partial charge in [-0.3, -0.25) is 0 Å². The fraction of sp³-hybridized carbons (Fsp3) is 1.00. The van der Waals surface area contributed by atoms with E-state index in [1.165, 1.54) is 58.3 Å². The third-order valence-electron chi connectivity index (χ3n) is 4.87. The minimum absolute atomic E-state index is 0.490. The molecule has 100 valence electrons. The zero-order valence-electron chi connectivity index (χ0n) is 11.6. The summed E-state index contributed by atoms with van der Waals surface area (Å²) in [6.07, 6.45) is 6.57. The standard InChI is InChI=1S/C14H29N3/c1-3-13-11-17(10-9-16(13)2)8-7-12-5-4-6-14(12)15/h12-14H,3-11,15H2,1-2H3. The summed E-state index contributed by atoms with van der Waals surface area (Å²) in [7, 11) is 2.26. The zero-order chi connectivity index (χ0) is 12.3. The lowest BCUT2D eigenvalue weighted by molar-refractivity contribution is 0.0885. The van der Waals surface area contributed by atoms with Crippen LogP contribution in [0.1, 0.15) is 39.0 Å². The molecule has 0 spiro atoms. The molecule has 0 bridgehead atoms. The van der Waals surface area contributed by atoms with Gasteiger partial charge in [0.1, 0.15) is 0 Å². The van der Waals surface area contributed by atoms with Crippen LogP contribution in [0.4, 0.5) is 0 Å². The van der Waals surface area contributed by atoms with E-state index in [1.54, 1.807) is 0 Å². The number of rotatable bonds is 4. The summed E-state index contributed by atoms with van der Waals surface area (Å²) in [5.41, 5.74) is 6.14. The van der Waals surface area contributed by atoms with E-state index in [-0.39, 0.29) is 0 Å². The van der Waals surface area contributed by atoms with Gasteiger partial charge in [0.25, 0.3) is 0 Å². The van der Waals surface area contributed by atoms with Gasteiger partial charge in [-0.15, -0.1) is 0 Å². The Morgan fingerprint density at radius 3 is 2.71 bits per heavy atom. The average molecular weight is 239 g/mol. The number of hydrogen-bond donors (Lipinski definition) is 1. The molecule has 0 aromatic carbocycles. The average Bonchev–Trinajstić information content (AvgIpc) is 2.74. The maximum atomic E-state index is 6.14. The van der Waals surface area contributed by atoms with Gasteiger partial charge in [-0.25, -0.2) is 0 Å². The van der Waals surface area contributed by atoms with Crippen molar-refractivity contribution in [2.45, 2.75) is 51.1 Å². The molecule has 0 aromatic heterocycles. The molecule has 3 atom stereocenters. The molecular weight excluding hydrogens is 210 g/mol. The fourth-order valence-electron chi connectivity index (χ4n) is 3.43. The van der Waals surface area contributed by atoms with Crippen LogP contribution in [0.2, 0.25) is 0 Å². The van der Waals surface area contributed by atoms with E-state index in [4.69, 9.17) is 5.73 Å². The maximum Gasteiger partial charge on any atom is 0.0218 e. The predicted octanol–water partition coefficient (Wildman–Crippen LogP) is 1.53. The summed E-state index contributed by atoms with van der Waals surface area (Å²) in [4.78, 5) is 5.16. The van der Waals surface area contributed by atoms with Gasteiger partial charge in [-0.1, -0.05) is 13.3 Å². The molecule has 3 heteroatoms. The van der Waals surface area contributed by atoms with E-state index in [0.717, 1.165) is 12.0 Å². The van der Waals surface area contributed by atoms with Crippen molar-refractivity contribution in [1.82, 2.24) is 9.80 Å². The van der Waals surface area contributed by atoms with Gasteiger partial charge in [0, 0.05) is 31.7 Å². The quantitative estimate of drug-likeness (QED) is 0.807. The van der Waals surface area contributed by atoms with Gasteiger partial charge in [0.2, 0.25) is 0 Å². The predicted molar refractivity (Wildman–Crippen MR) is 73.1 cm³/mol. The monoisotopic (exact) mass is 239 g/mol. The Bertz CT molecular complexity index is 232. The van der Waals surface area contributed by atoms with Gasteiger partial charge in [-0.05, 0) is 45.2 Å². The lowest BCUT2D eigenvalue weighted by atomic mass is 9.99. The van der Waals surface area contributed by atoms with Crippen LogP contribution < -0.4 is 5.73 Å². The first-order valence-electron chi connectivity index (χ1n) is 7.39. The van der Waals surface area contributed by atoms with Gasteiger partial charge < -0.3 is 15.5 Å². The summed E-state index contributed by atoms with van der Waals surface area (Å²) in [5.74, 6) is 0.801. The lowest BCUT2D eigenvalue weighted by Crippen LogP contribution is -2.51. The molecule has 0 aromatic rings. The highest BCUT2D eigenvalue weighted by atomic mass is 15.3. The largest absolute Gasteiger partial charge is 0.327 e. The van der Waals surface area contributed by atoms with Crippen molar-refractivity contribution in [3.8, 4) is 0 Å². The first-order chi connectivity index (χ1) is 8.20. The number of nitrogens with zero attached hydrogens (tertiary/aromatic N) is 2. The summed E-state index contributed by atoms with van der Waals surface area (Å²) >= 11 is 0. The molecule has 1 aliphatic carbocycles. The second-order valence-electron chi connectivity index (χ2n) is 5.99. The fourth-order valence-corrected chi connectivity index (χ4v) is 3.43. The van der Waals surface area contributed by atoms with Crippen molar-refractivity contribution in [3.05, 3.63) is 0 Å². The molecule has 1 saturated heterocycles. The Labute approximate surface area is 106 Å². The van der Waals surface area contributed by atoms with E-state index >= 15 is 0 Å². The Morgan fingerprint density at radius 2 is 2.06 bits per heavy atom. The van der Waals surface area contributed by atoms with E-state index in [1.807, 2.05) is 0 Å². The SMILES string of the molecule is CCC1CN(CCC2CCCC2N)CCN1C. The molecule has 2 aliphatic rings. The van der Waals surface area contributed by atoms with Crippen LogP contribution in [0, 0.1) is 5.92 Å². The second kappa shape index (κ2) is 6.17. The van der Waals surface area contributed by atoms with Crippen molar-refractivity contribution in [1.29, 1.82) is 0 Å². The van der Waals surface area contributed by atoms with Gasteiger partial charge in [0.05, 0.1) is 0 Å². The van der Waals surface area contributed by atoms with Gasteiger partial charge in [0.15, 0.2) is 0 Å². The van der Waals surface area contributed by atoms with Crippen LogP contribution >= 0.6 is 0 Å². The van der Waals surface area contributed by atoms with Crippen molar-refractivity contribution in [2.24, 2.45) is 11.7 Å². The Morgan fingerprint density at radius 1 is 1.24 bits per heavy atom. The van der Waals surface area contributed by atoms with Crippen LogP contribution in [0.3, 0.4) is 0 Å². The molecule has 2 rings (SSSR count). The Hall–Kier alpha value is -0.120. The van der Waals surface area contributed by atoms with E-state index in [2.05, 4.69) is 23.8 Å². The second-order valence-corrected chi connectivity index (χ2v) is 5.99. The minimum Gasteiger partial charge on any atom is -0.327 e. The molecule has 3 unspecified atom stereocenters. The van der Waals surface area contributed by atoms with Crippen LogP contribution in [0.15, 0.2) is 0 Å². The molecule has 2 fully saturated rings. The van der Waals surface area contributed by atoms with Crippen LogP contribution in [-0.4, -0.2) is 55.1 Å². The third-order valence-corrected chi connectivity index (χ3v) is 4.87. The number of piperazine rings is 1. The lowest BCUT2D eigenvalue weighted by Gasteiger charge is -2.39. The molecule has 1 saturated carbocycles. The van der Waals surface area contributed by atoms with Crippen LogP contribution in [0.25, 0.3) is 0 Å². The summed E-state index contributed by atoms with van der Waals surface area (Å²) in [6.45, 7) is 7.30. The molecule has 17 heavy (non-hydrogen) atoms. The molecule has 1 heterocycles. The maximum absolute atomic E-state index is 6.14. The molecule has 3 nitrogen and oxygen atoms in total. The highest BCUT2D eigenvalue weighted by Crippen LogP contribution is 2.27. The summed E-state index contributed by atoms with van der Waals surface area (Å²) in [6, 6.07) is 1.26. The molecule has 2 N–H and O–H groups in total. The molecule has 0 radical (unpaired) electrons. The Kier molecular flexibility index (Phi) is 4.83. The van der Waals surface area contributed by atoms with E-state index < -0.39 is 0 Å². The first kappa shape index (κ1) is 13.3. The van der Waals surface area contributed by atoms with Gasteiger partial charge >= 0.3 is 0 Å². The van der Waals surface area contributed by atoms with Crippen molar-refractivity contribution in [2.75, 3.05) is 33.2 Å². The number of nitrogens with two attached hydrogens (primary N) is 1. The van der Waals surface area contributed by atoms with E-state index in [0.29, 0.717) is 6.04 Å². The summed E-state index contributed by atoms with van der Waals surface area (Å²) < 4.78 is 0. The third kappa shape index (κ3) is 3.43. The minimum atomic E-state index is 0.490.